The van der Waals surface area contributed by atoms with Crippen molar-refractivity contribution < 1.29 is 0 Å². The third kappa shape index (κ3) is 1.69. The van der Waals surface area contributed by atoms with Crippen molar-refractivity contribution >= 4 is 5.69 Å². The Morgan fingerprint density at radius 1 is 1.29 bits per heavy atom. The predicted molar refractivity (Wildman–Crippen MR) is 58.4 cm³/mol. The fourth-order valence-electron chi connectivity index (χ4n) is 1.72. The minimum atomic E-state index is -0.0437. The van der Waals surface area contributed by atoms with Crippen LogP contribution in [0.15, 0.2) is 4.79 Å². The Morgan fingerprint density at radius 2 is 1.93 bits per heavy atom. The maximum Gasteiger partial charge on any atom is 0.290 e. The number of nitrogens with two attached hydrogens (primary N) is 1. The second kappa shape index (κ2) is 4.35. The van der Waals surface area contributed by atoms with E-state index in [1.807, 2.05) is 11.7 Å². The maximum atomic E-state index is 11.7. The molecule has 0 saturated heterocycles. The summed E-state index contributed by atoms with van der Waals surface area (Å²) in [5.41, 5.74) is 7.11. The summed E-state index contributed by atoms with van der Waals surface area (Å²) in [6.45, 7) is 4.87. The molecule has 0 amide bonds. The first-order valence-corrected chi connectivity index (χ1v) is 5.17. The Morgan fingerprint density at radius 3 is 2.43 bits per heavy atom. The van der Waals surface area contributed by atoms with Crippen molar-refractivity contribution in [2.24, 2.45) is 7.05 Å². The SMILES string of the molecule is CCCc1c(N)c(=O)n(CCC)n1C. The molecule has 1 heterocycles. The van der Waals surface area contributed by atoms with E-state index in [0.29, 0.717) is 5.69 Å². The van der Waals surface area contributed by atoms with Crippen molar-refractivity contribution in [3.05, 3.63) is 16.0 Å². The van der Waals surface area contributed by atoms with Gasteiger partial charge in [0, 0.05) is 13.6 Å². The molecule has 0 unspecified atom stereocenters. The number of hydrogen-bond acceptors (Lipinski definition) is 2. The summed E-state index contributed by atoms with van der Waals surface area (Å²) in [4.78, 5) is 11.7. The van der Waals surface area contributed by atoms with Crippen LogP contribution >= 0.6 is 0 Å². The minimum Gasteiger partial charge on any atom is -0.393 e. The number of nitrogen functional groups attached to an aromatic ring is 1. The Hall–Kier alpha value is -1.19. The molecule has 0 aliphatic rings. The quantitative estimate of drug-likeness (QED) is 0.786. The van der Waals surface area contributed by atoms with Crippen LogP contribution in [0.25, 0.3) is 0 Å². The molecule has 0 bridgehead atoms. The van der Waals surface area contributed by atoms with Crippen LogP contribution in [0.4, 0.5) is 5.69 Å². The number of anilines is 1. The topological polar surface area (TPSA) is 53.0 Å². The van der Waals surface area contributed by atoms with E-state index >= 15 is 0 Å². The van der Waals surface area contributed by atoms with E-state index in [1.165, 1.54) is 0 Å². The van der Waals surface area contributed by atoms with Crippen molar-refractivity contribution in [2.75, 3.05) is 5.73 Å². The zero-order valence-corrected chi connectivity index (χ0v) is 9.21. The third-order valence-electron chi connectivity index (χ3n) is 2.45. The van der Waals surface area contributed by atoms with Gasteiger partial charge in [0.05, 0.1) is 5.69 Å². The van der Waals surface area contributed by atoms with Crippen molar-refractivity contribution in [1.29, 1.82) is 0 Å². The zero-order chi connectivity index (χ0) is 10.7. The largest absolute Gasteiger partial charge is 0.393 e. The van der Waals surface area contributed by atoms with Gasteiger partial charge in [0.25, 0.3) is 5.56 Å². The van der Waals surface area contributed by atoms with E-state index in [2.05, 4.69) is 13.8 Å². The van der Waals surface area contributed by atoms with Crippen molar-refractivity contribution in [3.63, 3.8) is 0 Å². The van der Waals surface area contributed by atoms with Gasteiger partial charge in [0.1, 0.15) is 5.69 Å². The minimum absolute atomic E-state index is 0.0437. The maximum absolute atomic E-state index is 11.7. The molecule has 0 atom stereocenters. The van der Waals surface area contributed by atoms with Gasteiger partial charge in [-0.05, 0) is 12.8 Å². The van der Waals surface area contributed by atoms with Gasteiger partial charge in [-0.15, -0.1) is 0 Å². The number of aromatic nitrogens is 2. The van der Waals surface area contributed by atoms with E-state index < -0.39 is 0 Å². The second-order valence-corrected chi connectivity index (χ2v) is 3.56. The van der Waals surface area contributed by atoms with Crippen LogP contribution in [0, 0.1) is 0 Å². The first kappa shape index (κ1) is 10.9. The van der Waals surface area contributed by atoms with Crippen LogP contribution in [-0.2, 0) is 20.0 Å². The molecule has 0 fully saturated rings. The van der Waals surface area contributed by atoms with Crippen LogP contribution in [0.2, 0.25) is 0 Å². The lowest BCUT2D eigenvalue weighted by atomic mass is 10.2. The molecule has 0 saturated carbocycles. The third-order valence-corrected chi connectivity index (χ3v) is 2.45. The van der Waals surface area contributed by atoms with Gasteiger partial charge in [-0.25, -0.2) is 4.68 Å². The van der Waals surface area contributed by atoms with Crippen LogP contribution < -0.4 is 11.3 Å². The summed E-state index contributed by atoms with van der Waals surface area (Å²) in [7, 11) is 1.90. The van der Waals surface area contributed by atoms with Crippen LogP contribution in [0.1, 0.15) is 32.4 Å². The monoisotopic (exact) mass is 197 g/mol. The molecule has 0 aliphatic heterocycles. The molecule has 1 rings (SSSR count). The van der Waals surface area contributed by atoms with Gasteiger partial charge in [0.15, 0.2) is 0 Å². The Balaban J connectivity index is 3.19. The van der Waals surface area contributed by atoms with Crippen LogP contribution in [-0.4, -0.2) is 9.36 Å². The molecule has 4 heteroatoms. The Labute approximate surface area is 84.3 Å². The van der Waals surface area contributed by atoms with E-state index in [-0.39, 0.29) is 5.56 Å². The molecule has 0 spiro atoms. The lowest BCUT2D eigenvalue weighted by Gasteiger charge is -2.07. The molecule has 1 aromatic heterocycles. The molecule has 0 aromatic carbocycles. The lowest BCUT2D eigenvalue weighted by molar-refractivity contribution is 0.476. The van der Waals surface area contributed by atoms with Gasteiger partial charge in [-0.1, -0.05) is 20.3 Å². The molecular weight excluding hydrogens is 178 g/mol. The summed E-state index contributed by atoms with van der Waals surface area (Å²) >= 11 is 0. The number of rotatable bonds is 4. The van der Waals surface area contributed by atoms with E-state index in [9.17, 15) is 4.79 Å². The number of nitrogens with zero attached hydrogens (tertiary/aromatic N) is 2. The highest BCUT2D eigenvalue weighted by molar-refractivity contribution is 5.41. The van der Waals surface area contributed by atoms with E-state index in [1.54, 1.807) is 4.68 Å². The molecule has 1 aromatic rings. The highest BCUT2D eigenvalue weighted by Gasteiger charge is 2.13. The molecule has 4 nitrogen and oxygen atoms in total. The predicted octanol–water partition coefficient (Wildman–Crippen LogP) is 1.13. The summed E-state index contributed by atoms with van der Waals surface area (Å²) in [5, 5.41) is 0. The fraction of sp³-hybridized carbons (Fsp3) is 0.700. The van der Waals surface area contributed by atoms with Crippen molar-refractivity contribution in [1.82, 2.24) is 9.36 Å². The van der Waals surface area contributed by atoms with Gasteiger partial charge >= 0.3 is 0 Å². The molecular formula is C10H19N3O. The van der Waals surface area contributed by atoms with Gasteiger partial charge in [-0.3, -0.25) is 9.48 Å². The first-order chi connectivity index (χ1) is 6.63. The van der Waals surface area contributed by atoms with Gasteiger partial charge in [-0.2, -0.15) is 0 Å². The molecule has 0 aliphatic carbocycles. The smallest absolute Gasteiger partial charge is 0.290 e. The van der Waals surface area contributed by atoms with Gasteiger partial charge < -0.3 is 5.73 Å². The van der Waals surface area contributed by atoms with Crippen LogP contribution in [0.5, 0.6) is 0 Å². The van der Waals surface area contributed by atoms with Crippen molar-refractivity contribution in [2.45, 2.75) is 39.7 Å². The average molecular weight is 197 g/mol. The summed E-state index contributed by atoms with van der Waals surface area (Å²) in [6.07, 6.45) is 2.82. The zero-order valence-electron chi connectivity index (χ0n) is 9.21. The molecule has 0 radical (unpaired) electrons. The van der Waals surface area contributed by atoms with E-state index in [0.717, 1.165) is 31.5 Å². The molecule has 2 N–H and O–H groups in total. The van der Waals surface area contributed by atoms with Gasteiger partial charge in [0.2, 0.25) is 0 Å². The summed E-state index contributed by atoms with van der Waals surface area (Å²) < 4.78 is 3.60. The van der Waals surface area contributed by atoms with Crippen LogP contribution in [0.3, 0.4) is 0 Å². The summed E-state index contributed by atoms with van der Waals surface area (Å²) in [6, 6.07) is 0. The van der Waals surface area contributed by atoms with Crippen molar-refractivity contribution in [3.8, 4) is 0 Å². The highest BCUT2D eigenvalue weighted by atomic mass is 16.1. The molecule has 80 valence electrons. The first-order valence-electron chi connectivity index (χ1n) is 5.17. The average Bonchev–Trinajstić information content (AvgIpc) is 2.36. The molecule has 14 heavy (non-hydrogen) atoms. The van der Waals surface area contributed by atoms with E-state index in [4.69, 9.17) is 5.73 Å². The summed E-state index contributed by atoms with van der Waals surface area (Å²) in [5.74, 6) is 0. The Kier molecular flexibility index (Phi) is 3.38. The highest BCUT2D eigenvalue weighted by Crippen LogP contribution is 2.09. The normalized spacial score (nSPS) is 10.8. The second-order valence-electron chi connectivity index (χ2n) is 3.56. The Bertz CT molecular complexity index is 362. The lowest BCUT2D eigenvalue weighted by Crippen LogP contribution is -2.22. The fourth-order valence-corrected chi connectivity index (χ4v) is 1.72. The standard InChI is InChI=1S/C10H19N3O/c1-4-6-8-9(11)10(14)13(7-5-2)12(8)3/h4-7,11H2,1-3H3. The number of hydrogen-bond donors (Lipinski definition) is 1.